The lowest BCUT2D eigenvalue weighted by atomic mass is 9.76. The highest BCUT2D eigenvalue weighted by Gasteiger charge is 2.38. The van der Waals surface area contributed by atoms with Gasteiger partial charge in [-0.1, -0.05) is 43.7 Å². The predicted octanol–water partition coefficient (Wildman–Crippen LogP) is 2.52. The summed E-state index contributed by atoms with van der Waals surface area (Å²) in [6, 6.07) is 10.3. The van der Waals surface area contributed by atoms with Gasteiger partial charge in [0.15, 0.2) is 0 Å². The number of hydrogen-bond acceptors (Lipinski definition) is 2. The SMILES string of the molecule is CCCC1(C(=O)NCCc2ccccc2)CCCNC1. The van der Waals surface area contributed by atoms with E-state index in [2.05, 4.69) is 29.7 Å². The molecule has 1 fully saturated rings. The summed E-state index contributed by atoms with van der Waals surface area (Å²) in [7, 11) is 0. The summed E-state index contributed by atoms with van der Waals surface area (Å²) in [6.45, 7) is 4.77. The lowest BCUT2D eigenvalue weighted by molar-refractivity contribution is -0.132. The molecule has 0 spiro atoms. The molecular formula is C17H26N2O. The van der Waals surface area contributed by atoms with Crippen LogP contribution in [0.1, 0.15) is 38.2 Å². The fourth-order valence-electron chi connectivity index (χ4n) is 3.12. The van der Waals surface area contributed by atoms with Gasteiger partial charge in [-0.05, 0) is 37.8 Å². The molecule has 1 aliphatic rings. The van der Waals surface area contributed by atoms with E-state index in [1.807, 2.05) is 18.2 Å². The molecule has 20 heavy (non-hydrogen) atoms. The van der Waals surface area contributed by atoms with Crippen LogP contribution in [0.25, 0.3) is 0 Å². The molecule has 1 aromatic carbocycles. The zero-order valence-corrected chi connectivity index (χ0v) is 12.5. The van der Waals surface area contributed by atoms with Crippen LogP contribution in [0.15, 0.2) is 30.3 Å². The Morgan fingerprint density at radius 1 is 1.35 bits per heavy atom. The lowest BCUT2D eigenvalue weighted by Crippen LogP contribution is -2.50. The minimum absolute atomic E-state index is 0.177. The van der Waals surface area contributed by atoms with Crippen molar-refractivity contribution in [3.05, 3.63) is 35.9 Å². The van der Waals surface area contributed by atoms with E-state index in [-0.39, 0.29) is 11.3 Å². The van der Waals surface area contributed by atoms with Crippen LogP contribution in [-0.2, 0) is 11.2 Å². The maximum absolute atomic E-state index is 12.5. The van der Waals surface area contributed by atoms with Crippen molar-refractivity contribution in [3.63, 3.8) is 0 Å². The first-order chi connectivity index (χ1) is 9.77. The van der Waals surface area contributed by atoms with Gasteiger partial charge in [0.25, 0.3) is 0 Å². The summed E-state index contributed by atoms with van der Waals surface area (Å²) < 4.78 is 0. The third kappa shape index (κ3) is 3.83. The van der Waals surface area contributed by atoms with Crippen molar-refractivity contribution in [2.24, 2.45) is 5.41 Å². The largest absolute Gasteiger partial charge is 0.355 e. The number of rotatable bonds is 6. The highest BCUT2D eigenvalue weighted by Crippen LogP contribution is 2.31. The number of amides is 1. The first-order valence-corrected chi connectivity index (χ1v) is 7.80. The summed E-state index contributed by atoms with van der Waals surface area (Å²) in [5.74, 6) is 0.238. The van der Waals surface area contributed by atoms with Crippen LogP contribution in [0, 0.1) is 5.41 Å². The Hall–Kier alpha value is -1.35. The van der Waals surface area contributed by atoms with E-state index < -0.39 is 0 Å². The fourth-order valence-corrected chi connectivity index (χ4v) is 3.12. The fraction of sp³-hybridized carbons (Fsp3) is 0.588. The van der Waals surface area contributed by atoms with Crippen LogP contribution < -0.4 is 10.6 Å². The molecule has 0 radical (unpaired) electrons. The average Bonchev–Trinajstić information content (AvgIpc) is 2.49. The maximum Gasteiger partial charge on any atom is 0.227 e. The van der Waals surface area contributed by atoms with E-state index >= 15 is 0 Å². The van der Waals surface area contributed by atoms with Gasteiger partial charge in [0.2, 0.25) is 5.91 Å². The zero-order chi connectivity index (χ0) is 14.3. The van der Waals surface area contributed by atoms with E-state index in [9.17, 15) is 4.79 Å². The van der Waals surface area contributed by atoms with Crippen molar-refractivity contribution in [3.8, 4) is 0 Å². The molecule has 2 N–H and O–H groups in total. The van der Waals surface area contributed by atoms with Gasteiger partial charge >= 0.3 is 0 Å². The van der Waals surface area contributed by atoms with Crippen LogP contribution in [0.4, 0.5) is 0 Å². The number of hydrogen-bond donors (Lipinski definition) is 2. The van der Waals surface area contributed by atoms with Crippen LogP contribution in [-0.4, -0.2) is 25.5 Å². The normalized spacial score (nSPS) is 22.4. The topological polar surface area (TPSA) is 41.1 Å². The van der Waals surface area contributed by atoms with E-state index in [0.29, 0.717) is 0 Å². The Kier molecular flexibility index (Phi) is 5.60. The minimum Gasteiger partial charge on any atom is -0.355 e. The zero-order valence-electron chi connectivity index (χ0n) is 12.5. The molecule has 2 rings (SSSR count). The smallest absolute Gasteiger partial charge is 0.227 e. The number of carbonyl (C=O) groups excluding carboxylic acids is 1. The Morgan fingerprint density at radius 2 is 2.15 bits per heavy atom. The first kappa shape index (κ1) is 15.0. The molecule has 0 saturated carbocycles. The minimum atomic E-state index is -0.177. The van der Waals surface area contributed by atoms with Crippen LogP contribution in [0.2, 0.25) is 0 Å². The molecular weight excluding hydrogens is 248 g/mol. The van der Waals surface area contributed by atoms with E-state index in [4.69, 9.17) is 0 Å². The van der Waals surface area contributed by atoms with Gasteiger partial charge in [-0.25, -0.2) is 0 Å². The van der Waals surface area contributed by atoms with Gasteiger partial charge in [0.1, 0.15) is 0 Å². The summed E-state index contributed by atoms with van der Waals surface area (Å²) in [5.41, 5.74) is 1.10. The van der Waals surface area contributed by atoms with Gasteiger partial charge in [-0.2, -0.15) is 0 Å². The Balaban J connectivity index is 1.85. The van der Waals surface area contributed by atoms with E-state index in [0.717, 1.165) is 51.7 Å². The second-order valence-corrected chi connectivity index (χ2v) is 5.80. The molecule has 3 nitrogen and oxygen atoms in total. The van der Waals surface area contributed by atoms with E-state index in [1.165, 1.54) is 5.56 Å². The van der Waals surface area contributed by atoms with Crippen molar-refractivity contribution in [1.29, 1.82) is 0 Å². The van der Waals surface area contributed by atoms with Gasteiger partial charge in [-0.15, -0.1) is 0 Å². The van der Waals surface area contributed by atoms with Crippen molar-refractivity contribution in [2.75, 3.05) is 19.6 Å². The summed E-state index contributed by atoms with van der Waals surface area (Å²) in [6.07, 6.45) is 5.07. The van der Waals surface area contributed by atoms with Crippen LogP contribution in [0.3, 0.4) is 0 Å². The summed E-state index contributed by atoms with van der Waals surface area (Å²) in [5, 5.41) is 6.54. The lowest BCUT2D eigenvalue weighted by Gasteiger charge is -2.36. The average molecular weight is 274 g/mol. The van der Waals surface area contributed by atoms with Gasteiger partial charge in [0, 0.05) is 13.1 Å². The molecule has 0 aromatic heterocycles. The third-order valence-corrected chi connectivity index (χ3v) is 4.22. The Morgan fingerprint density at radius 3 is 2.80 bits per heavy atom. The van der Waals surface area contributed by atoms with Crippen molar-refractivity contribution in [2.45, 2.75) is 39.0 Å². The van der Waals surface area contributed by atoms with Gasteiger partial charge in [0.05, 0.1) is 5.41 Å². The van der Waals surface area contributed by atoms with Crippen LogP contribution >= 0.6 is 0 Å². The first-order valence-electron chi connectivity index (χ1n) is 7.80. The molecule has 1 atom stereocenters. The van der Waals surface area contributed by atoms with Gasteiger partial charge in [-0.3, -0.25) is 4.79 Å². The summed E-state index contributed by atoms with van der Waals surface area (Å²) in [4.78, 5) is 12.5. The van der Waals surface area contributed by atoms with Crippen molar-refractivity contribution >= 4 is 5.91 Å². The molecule has 1 heterocycles. The molecule has 1 amide bonds. The van der Waals surface area contributed by atoms with Crippen molar-refractivity contribution in [1.82, 2.24) is 10.6 Å². The molecule has 0 bridgehead atoms. The number of piperidine rings is 1. The Bertz CT molecular complexity index is 405. The monoisotopic (exact) mass is 274 g/mol. The molecule has 1 saturated heterocycles. The number of carbonyl (C=O) groups is 1. The molecule has 0 aliphatic carbocycles. The summed E-state index contributed by atoms with van der Waals surface area (Å²) >= 11 is 0. The Labute approximate surface area is 122 Å². The highest BCUT2D eigenvalue weighted by atomic mass is 16.2. The standard InChI is InChI=1S/C17H26N2O/c1-2-10-17(11-6-12-18-14-17)16(20)19-13-9-15-7-4-3-5-8-15/h3-5,7-8,18H,2,6,9-14H2,1H3,(H,19,20). The third-order valence-electron chi connectivity index (χ3n) is 4.22. The molecule has 1 aliphatic heterocycles. The highest BCUT2D eigenvalue weighted by molar-refractivity contribution is 5.83. The maximum atomic E-state index is 12.5. The predicted molar refractivity (Wildman–Crippen MR) is 82.6 cm³/mol. The van der Waals surface area contributed by atoms with E-state index in [1.54, 1.807) is 0 Å². The quantitative estimate of drug-likeness (QED) is 0.837. The number of benzene rings is 1. The second kappa shape index (κ2) is 7.44. The number of nitrogens with one attached hydrogen (secondary N) is 2. The molecule has 1 unspecified atom stereocenters. The van der Waals surface area contributed by atoms with Crippen molar-refractivity contribution < 1.29 is 4.79 Å². The second-order valence-electron chi connectivity index (χ2n) is 5.80. The van der Waals surface area contributed by atoms with Crippen LogP contribution in [0.5, 0.6) is 0 Å². The van der Waals surface area contributed by atoms with Gasteiger partial charge < -0.3 is 10.6 Å². The molecule has 3 heteroatoms. The molecule has 1 aromatic rings. The molecule has 110 valence electrons.